The van der Waals surface area contributed by atoms with E-state index in [1.807, 2.05) is 0 Å². The van der Waals surface area contributed by atoms with E-state index in [0.717, 1.165) is 6.07 Å². The first-order valence-electron chi connectivity index (χ1n) is 2.62. The maximum absolute atomic E-state index is 12.6. The second kappa shape index (κ2) is 2.83. The minimum Gasteiger partial charge on any atom is -0.396 e. The Morgan fingerprint density at radius 2 is 1.73 bits per heavy atom. The minimum absolute atomic E-state index is 0.263. The summed E-state index contributed by atoms with van der Waals surface area (Å²) < 4.78 is 25.2. The maximum Gasteiger partial charge on any atom is 0.167 e. The monoisotopic (exact) mass is 197 g/mol. The van der Waals surface area contributed by atoms with Gasteiger partial charge in [-0.1, -0.05) is 23.2 Å². The molecule has 60 valence electrons. The number of hydrogen-bond acceptors (Lipinski definition) is 1. The van der Waals surface area contributed by atoms with Crippen molar-refractivity contribution in [2.75, 3.05) is 5.73 Å². The van der Waals surface area contributed by atoms with Crippen molar-refractivity contribution < 1.29 is 8.78 Å². The van der Waals surface area contributed by atoms with Gasteiger partial charge in [-0.15, -0.1) is 0 Å². The molecule has 0 saturated heterocycles. The van der Waals surface area contributed by atoms with E-state index in [2.05, 4.69) is 0 Å². The highest BCUT2D eigenvalue weighted by atomic mass is 35.5. The molecule has 0 spiro atoms. The standard InChI is InChI=1S/C6H3Cl2F2N/c7-2-1-3(11)6(10)4(8)5(2)9/h1H,11H2. The first-order valence-corrected chi connectivity index (χ1v) is 3.38. The second-order valence-corrected chi connectivity index (χ2v) is 2.67. The zero-order valence-corrected chi connectivity index (χ0v) is 6.68. The van der Waals surface area contributed by atoms with Gasteiger partial charge in [-0.05, 0) is 6.07 Å². The number of nitrogen functional groups attached to an aromatic ring is 1. The average Bonchev–Trinajstić information content (AvgIpc) is 1.97. The van der Waals surface area contributed by atoms with Crippen LogP contribution in [0.1, 0.15) is 0 Å². The zero-order valence-electron chi connectivity index (χ0n) is 5.17. The summed E-state index contributed by atoms with van der Waals surface area (Å²) in [5, 5.41) is -0.955. The molecule has 1 aromatic carbocycles. The van der Waals surface area contributed by atoms with E-state index in [9.17, 15) is 8.78 Å². The number of benzene rings is 1. The van der Waals surface area contributed by atoms with Gasteiger partial charge in [0.15, 0.2) is 11.6 Å². The molecule has 0 fully saturated rings. The van der Waals surface area contributed by atoms with Gasteiger partial charge in [-0.2, -0.15) is 0 Å². The summed E-state index contributed by atoms with van der Waals surface area (Å²) in [5.74, 6) is -1.96. The fourth-order valence-corrected chi connectivity index (χ4v) is 1.06. The first kappa shape index (κ1) is 8.56. The molecule has 5 heteroatoms. The molecular weight excluding hydrogens is 195 g/mol. The van der Waals surface area contributed by atoms with Gasteiger partial charge in [0, 0.05) is 0 Å². The highest BCUT2D eigenvalue weighted by molar-refractivity contribution is 6.35. The molecule has 1 aromatic rings. The van der Waals surface area contributed by atoms with Crippen LogP contribution in [0.2, 0.25) is 10.0 Å². The normalized spacial score (nSPS) is 10.2. The first-order chi connectivity index (χ1) is 5.04. The number of rotatable bonds is 0. The highest BCUT2D eigenvalue weighted by Crippen LogP contribution is 2.29. The number of hydrogen-bond donors (Lipinski definition) is 1. The SMILES string of the molecule is Nc1cc(Cl)c(F)c(Cl)c1F. The van der Waals surface area contributed by atoms with Crippen LogP contribution in [-0.2, 0) is 0 Å². The Morgan fingerprint density at radius 3 is 2.27 bits per heavy atom. The van der Waals surface area contributed by atoms with Crippen molar-refractivity contribution in [3.8, 4) is 0 Å². The molecule has 0 bridgehead atoms. The molecular formula is C6H3Cl2F2N. The molecule has 0 aliphatic heterocycles. The molecule has 1 rings (SSSR count). The van der Waals surface area contributed by atoms with E-state index < -0.39 is 16.7 Å². The fraction of sp³-hybridized carbons (Fsp3) is 0. The van der Waals surface area contributed by atoms with Crippen LogP contribution in [0.5, 0.6) is 0 Å². The molecule has 0 radical (unpaired) electrons. The summed E-state index contributed by atoms with van der Waals surface area (Å²) in [4.78, 5) is 0. The predicted octanol–water partition coefficient (Wildman–Crippen LogP) is 2.85. The summed E-state index contributed by atoms with van der Waals surface area (Å²) in [7, 11) is 0. The lowest BCUT2D eigenvalue weighted by Crippen LogP contribution is -1.94. The van der Waals surface area contributed by atoms with Crippen LogP contribution in [0, 0.1) is 11.6 Å². The van der Waals surface area contributed by atoms with Crippen molar-refractivity contribution in [2.45, 2.75) is 0 Å². The number of nitrogens with two attached hydrogens (primary N) is 1. The van der Waals surface area contributed by atoms with Gasteiger partial charge in [0.1, 0.15) is 5.02 Å². The molecule has 1 nitrogen and oxygen atoms in total. The van der Waals surface area contributed by atoms with E-state index in [1.165, 1.54) is 0 Å². The third-order valence-corrected chi connectivity index (χ3v) is 1.74. The van der Waals surface area contributed by atoms with Gasteiger partial charge in [0.2, 0.25) is 0 Å². The molecule has 0 aliphatic rings. The molecule has 11 heavy (non-hydrogen) atoms. The Kier molecular flexibility index (Phi) is 2.20. The van der Waals surface area contributed by atoms with Crippen molar-refractivity contribution in [2.24, 2.45) is 0 Å². The Labute approximate surface area is 71.7 Å². The third kappa shape index (κ3) is 1.39. The Bertz CT molecular complexity index is 275. The van der Waals surface area contributed by atoms with Crippen molar-refractivity contribution in [3.63, 3.8) is 0 Å². The van der Waals surface area contributed by atoms with Gasteiger partial charge in [-0.25, -0.2) is 8.78 Å². The van der Waals surface area contributed by atoms with Crippen LogP contribution in [0.15, 0.2) is 6.07 Å². The fourth-order valence-electron chi connectivity index (χ4n) is 0.591. The summed E-state index contributed by atoms with van der Waals surface area (Å²) in [6, 6.07) is 0.970. The lowest BCUT2D eigenvalue weighted by atomic mass is 10.3. The van der Waals surface area contributed by atoms with Crippen molar-refractivity contribution >= 4 is 28.9 Å². The topological polar surface area (TPSA) is 26.0 Å². The minimum atomic E-state index is -0.986. The van der Waals surface area contributed by atoms with E-state index in [1.54, 1.807) is 0 Å². The van der Waals surface area contributed by atoms with Crippen LogP contribution in [0.25, 0.3) is 0 Å². The number of halogens is 4. The van der Waals surface area contributed by atoms with Gasteiger partial charge in [0.25, 0.3) is 0 Å². The van der Waals surface area contributed by atoms with Gasteiger partial charge in [0.05, 0.1) is 10.7 Å². The zero-order chi connectivity index (χ0) is 8.59. The Hall–Kier alpha value is -0.540. The van der Waals surface area contributed by atoms with Crippen LogP contribution < -0.4 is 5.73 Å². The van der Waals surface area contributed by atoms with Crippen molar-refractivity contribution in [1.82, 2.24) is 0 Å². The van der Waals surface area contributed by atoms with Crippen LogP contribution in [-0.4, -0.2) is 0 Å². The average molecular weight is 198 g/mol. The largest absolute Gasteiger partial charge is 0.396 e. The van der Waals surface area contributed by atoms with Crippen LogP contribution >= 0.6 is 23.2 Å². The Morgan fingerprint density at radius 1 is 1.18 bits per heavy atom. The van der Waals surface area contributed by atoms with Crippen LogP contribution in [0.4, 0.5) is 14.5 Å². The molecule has 0 saturated carbocycles. The summed E-state index contributed by atoms with van der Waals surface area (Å²) in [6.07, 6.45) is 0. The molecule has 0 atom stereocenters. The molecule has 2 N–H and O–H groups in total. The van der Waals surface area contributed by atoms with Crippen molar-refractivity contribution in [1.29, 1.82) is 0 Å². The smallest absolute Gasteiger partial charge is 0.167 e. The molecule has 0 amide bonds. The predicted molar refractivity (Wildman–Crippen MR) is 40.8 cm³/mol. The lowest BCUT2D eigenvalue weighted by molar-refractivity contribution is 0.587. The van der Waals surface area contributed by atoms with E-state index in [-0.39, 0.29) is 10.7 Å². The summed E-state index contributed by atoms with van der Waals surface area (Å²) >= 11 is 10.5. The molecule has 0 heterocycles. The van der Waals surface area contributed by atoms with Crippen molar-refractivity contribution in [3.05, 3.63) is 27.7 Å². The molecule has 0 unspecified atom stereocenters. The summed E-state index contributed by atoms with van der Waals surface area (Å²) in [6.45, 7) is 0. The van der Waals surface area contributed by atoms with E-state index in [4.69, 9.17) is 28.9 Å². The highest BCUT2D eigenvalue weighted by Gasteiger charge is 2.13. The number of anilines is 1. The van der Waals surface area contributed by atoms with Gasteiger partial charge < -0.3 is 5.73 Å². The van der Waals surface area contributed by atoms with E-state index >= 15 is 0 Å². The van der Waals surface area contributed by atoms with Gasteiger partial charge >= 0.3 is 0 Å². The van der Waals surface area contributed by atoms with E-state index in [0.29, 0.717) is 0 Å². The van der Waals surface area contributed by atoms with Crippen LogP contribution in [0.3, 0.4) is 0 Å². The lowest BCUT2D eigenvalue weighted by Gasteiger charge is -2.01. The molecule has 0 aliphatic carbocycles. The second-order valence-electron chi connectivity index (χ2n) is 1.89. The quantitative estimate of drug-likeness (QED) is 0.387. The molecule has 0 aromatic heterocycles. The third-order valence-electron chi connectivity index (χ3n) is 1.13. The van der Waals surface area contributed by atoms with Gasteiger partial charge in [-0.3, -0.25) is 0 Å². The Balaban J connectivity index is 3.46. The summed E-state index contributed by atoms with van der Waals surface area (Å²) in [5.41, 5.74) is 4.82. The maximum atomic E-state index is 12.6.